The van der Waals surface area contributed by atoms with Gasteiger partial charge in [0, 0.05) is 45.3 Å². The van der Waals surface area contributed by atoms with E-state index in [1.165, 1.54) is 24.1 Å². The van der Waals surface area contributed by atoms with Crippen molar-refractivity contribution in [1.29, 1.82) is 0 Å². The second-order valence-electron chi connectivity index (χ2n) is 5.98. The molecule has 0 aliphatic carbocycles. The van der Waals surface area contributed by atoms with Gasteiger partial charge in [0.25, 0.3) is 0 Å². The van der Waals surface area contributed by atoms with Crippen molar-refractivity contribution in [3.05, 3.63) is 17.6 Å². The SMILES string of the molecule is CN1CCc2ncnc(N(C)CC3CCCCO3)c2C1. The minimum absolute atomic E-state index is 0.348. The molecule has 0 aromatic carbocycles. The number of anilines is 1. The molecule has 0 bridgehead atoms. The molecule has 20 heavy (non-hydrogen) atoms. The van der Waals surface area contributed by atoms with Crippen LogP contribution in [0.2, 0.25) is 0 Å². The summed E-state index contributed by atoms with van der Waals surface area (Å²) < 4.78 is 5.84. The Kier molecular flexibility index (Phi) is 4.17. The van der Waals surface area contributed by atoms with Gasteiger partial charge >= 0.3 is 0 Å². The molecule has 3 heterocycles. The highest BCUT2D eigenvalue weighted by molar-refractivity contribution is 5.48. The maximum Gasteiger partial charge on any atom is 0.136 e. The summed E-state index contributed by atoms with van der Waals surface area (Å²) in [5.74, 6) is 1.08. The van der Waals surface area contributed by atoms with Gasteiger partial charge in [-0.1, -0.05) is 0 Å². The molecule has 2 aliphatic rings. The van der Waals surface area contributed by atoms with Crippen molar-refractivity contribution >= 4 is 5.82 Å². The van der Waals surface area contributed by atoms with Crippen LogP contribution in [0.15, 0.2) is 6.33 Å². The Morgan fingerprint density at radius 1 is 1.40 bits per heavy atom. The van der Waals surface area contributed by atoms with Crippen LogP contribution in [-0.4, -0.2) is 54.8 Å². The predicted octanol–water partition coefficient (Wildman–Crippen LogP) is 1.47. The van der Waals surface area contributed by atoms with Gasteiger partial charge in [-0.05, 0) is 26.3 Å². The first-order valence-electron chi connectivity index (χ1n) is 7.58. The third-order valence-corrected chi connectivity index (χ3v) is 4.28. The molecule has 0 N–H and O–H groups in total. The highest BCUT2D eigenvalue weighted by Gasteiger charge is 2.23. The highest BCUT2D eigenvalue weighted by Crippen LogP contribution is 2.25. The van der Waals surface area contributed by atoms with Crippen LogP contribution in [-0.2, 0) is 17.7 Å². The number of nitrogens with zero attached hydrogens (tertiary/aromatic N) is 4. The largest absolute Gasteiger partial charge is 0.376 e. The zero-order valence-electron chi connectivity index (χ0n) is 12.5. The maximum absolute atomic E-state index is 5.84. The van der Waals surface area contributed by atoms with Crippen LogP contribution in [0, 0.1) is 0 Å². The molecule has 0 amide bonds. The average Bonchev–Trinajstić information content (AvgIpc) is 2.47. The van der Waals surface area contributed by atoms with Crippen molar-refractivity contribution in [2.45, 2.75) is 38.3 Å². The van der Waals surface area contributed by atoms with Gasteiger partial charge in [-0.25, -0.2) is 9.97 Å². The Bertz CT molecular complexity index is 459. The molecule has 5 heteroatoms. The minimum atomic E-state index is 0.348. The van der Waals surface area contributed by atoms with E-state index < -0.39 is 0 Å². The number of aromatic nitrogens is 2. The first-order chi connectivity index (χ1) is 9.74. The summed E-state index contributed by atoms with van der Waals surface area (Å²) in [6.07, 6.45) is 6.72. The van der Waals surface area contributed by atoms with Gasteiger partial charge in [-0.15, -0.1) is 0 Å². The number of fused-ring (bicyclic) bond motifs is 1. The molecule has 1 fully saturated rings. The zero-order valence-corrected chi connectivity index (χ0v) is 12.5. The van der Waals surface area contributed by atoms with Crippen LogP contribution in [0.3, 0.4) is 0 Å². The smallest absolute Gasteiger partial charge is 0.136 e. The van der Waals surface area contributed by atoms with Crippen LogP contribution in [0.4, 0.5) is 5.82 Å². The van der Waals surface area contributed by atoms with Gasteiger partial charge in [-0.3, -0.25) is 0 Å². The first kappa shape index (κ1) is 13.8. The van der Waals surface area contributed by atoms with Crippen LogP contribution >= 0.6 is 0 Å². The molecular weight excluding hydrogens is 252 g/mol. The number of rotatable bonds is 3. The lowest BCUT2D eigenvalue weighted by molar-refractivity contribution is 0.0215. The van der Waals surface area contributed by atoms with Gasteiger partial charge in [0.1, 0.15) is 12.1 Å². The Hall–Kier alpha value is -1.20. The Labute approximate surface area is 121 Å². The van der Waals surface area contributed by atoms with Crippen LogP contribution in [0.1, 0.15) is 30.5 Å². The molecule has 3 rings (SSSR count). The number of ether oxygens (including phenoxy) is 1. The summed E-state index contributed by atoms with van der Waals surface area (Å²) in [6, 6.07) is 0. The third-order valence-electron chi connectivity index (χ3n) is 4.28. The fourth-order valence-corrected chi connectivity index (χ4v) is 3.13. The van der Waals surface area contributed by atoms with Crippen molar-refractivity contribution in [3.8, 4) is 0 Å². The Morgan fingerprint density at radius 2 is 2.30 bits per heavy atom. The van der Waals surface area contributed by atoms with Crippen LogP contribution in [0.25, 0.3) is 0 Å². The molecule has 0 saturated carbocycles. The zero-order chi connectivity index (χ0) is 13.9. The summed E-state index contributed by atoms with van der Waals surface area (Å²) >= 11 is 0. The first-order valence-corrected chi connectivity index (χ1v) is 7.58. The lowest BCUT2D eigenvalue weighted by Crippen LogP contribution is -2.36. The standard InChI is InChI=1S/C15H24N4O/c1-18-7-6-14-13(10-18)15(17-11-16-14)19(2)9-12-5-3-4-8-20-12/h11-12H,3-10H2,1-2H3. The van der Waals surface area contributed by atoms with E-state index in [0.29, 0.717) is 6.10 Å². The van der Waals surface area contributed by atoms with Gasteiger partial charge < -0.3 is 14.5 Å². The summed E-state index contributed by atoms with van der Waals surface area (Å²) in [7, 11) is 4.28. The highest BCUT2D eigenvalue weighted by atomic mass is 16.5. The fourth-order valence-electron chi connectivity index (χ4n) is 3.13. The minimum Gasteiger partial charge on any atom is -0.376 e. The number of hydrogen-bond acceptors (Lipinski definition) is 5. The molecule has 2 aliphatic heterocycles. The number of likely N-dealkylation sites (N-methyl/N-ethyl adjacent to an activating group) is 2. The summed E-state index contributed by atoms with van der Waals surface area (Å²) in [6.45, 7) is 3.86. The molecular formula is C15H24N4O. The van der Waals surface area contributed by atoms with Crippen molar-refractivity contribution in [2.24, 2.45) is 0 Å². The Balaban J connectivity index is 1.75. The fraction of sp³-hybridized carbons (Fsp3) is 0.733. The van der Waals surface area contributed by atoms with Crippen molar-refractivity contribution in [2.75, 3.05) is 38.7 Å². The molecule has 5 nitrogen and oxygen atoms in total. The second kappa shape index (κ2) is 6.06. The molecule has 1 aromatic heterocycles. The molecule has 1 atom stereocenters. The van der Waals surface area contributed by atoms with E-state index in [1.54, 1.807) is 6.33 Å². The monoisotopic (exact) mass is 276 g/mol. The maximum atomic E-state index is 5.84. The van der Waals surface area contributed by atoms with Gasteiger partial charge in [0.05, 0.1) is 11.8 Å². The molecule has 110 valence electrons. The van der Waals surface area contributed by atoms with Gasteiger partial charge in [0.2, 0.25) is 0 Å². The quantitative estimate of drug-likeness (QED) is 0.836. The molecule has 1 saturated heterocycles. The van der Waals surface area contributed by atoms with Crippen molar-refractivity contribution < 1.29 is 4.74 Å². The van der Waals surface area contributed by atoms with Crippen LogP contribution in [0.5, 0.6) is 0 Å². The van der Waals surface area contributed by atoms with E-state index in [4.69, 9.17) is 4.74 Å². The summed E-state index contributed by atoms with van der Waals surface area (Å²) in [5.41, 5.74) is 2.50. The Morgan fingerprint density at radius 3 is 3.10 bits per heavy atom. The van der Waals surface area contributed by atoms with Gasteiger partial charge in [0.15, 0.2) is 0 Å². The molecule has 1 unspecified atom stereocenters. The molecule has 0 spiro atoms. The van der Waals surface area contributed by atoms with Gasteiger partial charge in [-0.2, -0.15) is 0 Å². The van der Waals surface area contributed by atoms with E-state index in [9.17, 15) is 0 Å². The van der Waals surface area contributed by atoms with E-state index in [0.717, 1.165) is 44.9 Å². The van der Waals surface area contributed by atoms with E-state index >= 15 is 0 Å². The lowest BCUT2D eigenvalue weighted by atomic mass is 10.1. The number of hydrogen-bond donors (Lipinski definition) is 0. The lowest BCUT2D eigenvalue weighted by Gasteiger charge is -2.31. The van der Waals surface area contributed by atoms with Crippen molar-refractivity contribution in [3.63, 3.8) is 0 Å². The normalized spacial score (nSPS) is 23.4. The summed E-state index contributed by atoms with van der Waals surface area (Å²) in [5, 5.41) is 0. The third kappa shape index (κ3) is 2.94. The molecule has 0 radical (unpaired) electrons. The summed E-state index contributed by atoms with van der Waals surface area (Å²) in [4.78, 5) is 13.6. The van der Waals surface area contributed by atoms with E-state index in [-0.39, 0.29) is 0 Å². The molecule has 1 aromatic rings. The van der Waals surface area contributed by atoms with E-state index in [1.807, 2.05) is 0 Å². The second-order valence-corrected chi connectivity index (χ2v) is 5.98. The topological polar surface area (TPSA) is 41.5 Å². The van der Waals surface area contributed by atoms with Crippen molar-refractivity contribution in [1.82, 2.24) is 14.9 Å². The average molecular weight is 276 g/mol. The predicted molar refractivity (Wildman–Crippen MR) is 78.9 cm³/mol. The van der Waals surface area contributed by atoms with E-state index in [2.05, 4.69) is 33.9 Å². The van der Waals surface area contributed by atoms with Crippen LogP contribution < -0.4 is 4.90 Å².